The Kier molecular flexibility index (Phi) is 2.79. The standard InChI is InChI=1S/C9H14N2O3/c12-8-4-10-5-9(13)11(8)6-7-2-1-3-14-7/h7,10H,1-6H2. The number of piperazine rings is 1. The molecule has 2 rings (SSSR count). The molecule has 5 nitrogen and oxygen atoms in total. The van der Waals surface area contributed by atoms with E-state index in [0.29, 0.717) is 6.54 Å². The minimum absolute atomic E-state index is 0.0565. The van der Waals surface area contributed by atoms with E-state index in [9.17, 15) is 9.59 Å². The summed E-state index contributed by atoms with van der Waals surface area (Å²) < 4.78 is 5.39. The quantitative estimate of drug-likeness (QED) is 0.586. The Morgan fingerprint density at radius 3 is 2.64 bits per heavy atom. The molecule has 0 aromatic carbocycles. The summed E-state index contributed by atoms with van der Waals surface area (Å²) in [5.41, 5.74) is 0. The Bertz CT molecular complexity index is 232. The minimum Gasteiger partial charge on any atom is -0.376 e. The molecular weight excluding hydrogens is 184 g/mol. The number of carbonyl (C=O) groups excluding carboxylic acids is 2. The van der Waals surface area contributed by atoms with Crippen LogP contribution in [0.25, 0.3) is 0 Å². The molecule has 1 unspecified atom stereocenters. The molecule has 0 aliphatic carbocycles. The van der Waals surface area contributed by atoms with Crippen molar-refractivity contribution >= 4 is 11.8 Å². The lowest BCUT2D eigenvalue weighted by Crippen LogP contribution is -2.54. The number of imide groups is 1. The van der Waals surface area contributed by atoms with Gasteiger partial charge in [-0.3, -0.25) is 19.8 Å². The molecule has 0 radical (unpaired) electrons. The molecule has 2 amide bonds. The molecule has 1 atom stereocenters. The minimum atomic E-state index is -0.142. The third kappa shape index (κ3) is 1.93. The van der Waals surface area contributed by atoms with Crippen molar-refractivity contribution in [1.29, 1.82) is 0 Å². The van der Waals surface area contributed by atoms with Gasteiger partial charge in [0.25, 0.3) is 0 Å². The summed E-state index contributed by atoms with van der Waals surface area (Å²) in [5.74, 6) is -0.284. The van der Waals surface area contributed by atoms with Crippen LogP contribution in [0.4, 0.5) is 0 Å². The van der Waals surface area contributed by atoms with Crippen LogP contribution >= 0.6 is 0 Å². The average molecular weight is 198 g/mol. The van der Waals surface area contributed by atoms with Gasteiger partial charge in [-0.25, -0.2) is 0 Å². The van der Waals surface area contributed by atoms with E-state index in [0.717, 1.165) is 19.4 Å². The number of carbonyl (C=O) groups is 2. The van der Waals surface area contributed by atoms with Gasteiger partial charge in [-0.2, -0.15) is 0 Å². The second-order valence-electron chi connectivity index (χ2n) is 3.64. The zero-order chi connectivity index (χ0) is 9.97. The summed E-state index contributed by atoms with van der Waals surface area (Å²) in [5, 5.41) is 2.76. The number of nitrogens with one attached hydrogen (secondary N) is 1. The highest BCUT2D eigenvalue weighted by atomic mass is 16.5. The van der Waals surface area contributed by atoms with Gasteiger partial charge in [-0.1, -0.05) is 0 Å². The van der Waals surface area contributed by atoms with Gasteiger partial charge in [0.2, 0.25) is 11.8 Å². The zero-order valence-electron chi connectivity index (χ0n) is 7.99. The number of hydrogen-bond donors (Lipinski definition) is 1. The third-order valence-corrected chi connectivity index (χ3v) is 2.56. The van der Waals surface area contributed by atoms with Crippen LogP contribution in [0.15, 0.2) is 0 Å². The van der Waals surface area contributed by atoms with Crippen molar-refractivity contribution in [2.24, 2.45) is 0 Å². The number of ether oxygens (including phenoxy) is 1. The summed E-state index contributed by atoms with van der Waals surface area (Å²) in [6.07, 6.45) is 2.03. The van der Waals surface area contributed by atoms with Crippen molar-refractivity contribution in [3.05, 3.63) is 0 Å². The van der Waals surface area contributed by atoms with Crippen LogP contribution in [-0.4, -0.2) is 49.1 Å². The topological polar surface area (TPSA) is 58.6 Å². The normalized spacial score (nSPS) is 28.6. The van der Waals surface area contributed by atoms with Gasteiger partial charge < -0.3 is 4.74 Å². The molecule has 2 aliphatic heterocycles. The Morgan fingerprint density at radius 2 is 2.07 bits per heavy atom. The number of amides is 2. The second kappa shape index (κ2) is 4.06. The SMILES string of the molecule is O=C1CNCC(=O)N1CC1CCCO1. The molecule has 2 saturated heterocycles. The van der Waals surface area contributed by atoms with Crippen molar-refractivity contribution in [2.75, 3.05) is 26.2 Å². The summed E-state index contributed by atoms with van der Waals surface area (Å²) >= 11 is 0. The monoisotopic (exact) mass is 198 g/mol. The molecule has 0 bridgehead atoms. The highest BCUT2D eigenvalue weighted by molar-refractivity contribution is 5.99. The third-order valence-electron chi connectivity index (χ3n) is 2.56. The molecular formula is C9H14N2O3. The van der Waals surface area contributed by atoms with Gasteiger partial charge in [-0.05, 0) is 12.8 Å². The molecule has 0 spiro atoms. The lowest BCUT2D eigenvalue weighted by molar-refractivity contribution is -0.148. The maximum Gasteiger partial charge on any atom is 0.243 e. The fourth-order valence-corrected chi connectivity index (χ4v) is 1.80. The Labute approximate surface area is 82.4 Å². The largest absolute Gasteiger partial charge is 0.376 e. The molecule has 0 saturated carbocycles. The molecule has 14 heavy (non-hydrogen) atoms. The predicted molar refractivity (Wildman–Crippen MR) is 48.6 cm³/mol. The van der Waals surface area contributed by atoms with E-state index in [1.165, 1.54) is 4.90 Å². The van der Waals surface area contributed by atoms with Crippen LogP contribution < -0.4 is 5.32 Å². The van der Waals surface area contributed by atoms with Crippen molar-refractivity contribution < 1.29 is 14.3 Å². The van der Waals surface area contributed by atoms with Gasteiger partial charge in [0.15, 0.2) is 0 Å². The first-order valence-corrected chi connectivity index (χ1v) is 4.93. The Hall–Kier alpha value is -0.940. The summed E-state index contributed by atoms with van der Waals surface area (Å²) in [4.78, 5) is 24.1. The number of nitrogens with zero attached hydrogens (tertiary/aromatic N) is 1. The number of hydrogen-bond acceptors (Lipinski definition) is 4. The molecule has 1 N–H and O–H groups in total. The van der Waals surface area contributed by atoms with Crippen LogP contribution in [0.3, 0.4) is 0 Å². The first kappa shape index (κ1) is 9.61. The van der Waals surface area contributed by atoms with E-state index in [1.807, 2.05) is 0 Å². The van der Waals surface area contributed by atoms with Crippen LogP contribution in [0.2, 0.25) is 0 Å². The van der Waals surface area contributed by atoms with Crippen molar-refractivity contribution in [3.8, 4) is 0 Å². The van der Waals surface area contributed by atoms with E-state index in [4.69, 9.17) is 4.74 Å². The maximum atomic E-state index is 11.4. The predicted octanol–water partition coefficient (Wildman–Crippen LogP) is -0.876. The molecule has 2 aliphatic rings. The van der Waals surface area contributed by atoms with Crippen molar-refractivity contribution in [2.45, 2.75) is 18.9 Å². The van der Waals surface area contributed by atoms with Gasteiger partial charge in [0, 0.05) is 6.61 Å². The van der Waals surface area contributed by atoms with Crippen LogP contribution in [0.5, 0.6) is 0 Å². The zero-order valence-corrected chi connectivity index (χ0v) is 7.99. The van der Waals surface area contributed by atoms with Crippen LogP contribution in [0.1, 0.15) is 12.8 Å². The summed E-state index contributed by atoms with van der Waals surface area (Å²) in [7, 11) is 0. The van der Waals surface area contributed by atoms with E-state index in [-0.39, 0.29) is 31.0 Å². The molecule has 2 fully saturated rings. The molecule has 5 heteroatoms. The van der Waals surface area contributed by atoms with Gasteiger partial charge in [0.05, 0.1) is 25.7 Å². The molecule has 0 aromatic heterocycles. The highest BCUT2D eigenvalue weighted by Gasteiger charge is 2.29. The van der Waals surface area contributed by atoms with E-state index >= 15 is 0 Å². The lowest BCUT2D eigenvalue weighted by atomic mass is 10.2. The molecule has 0 aromatic rings. The summed E-state index contributed by atoms with van der Waals surface area (Å²) in [6, 6.07) is 0. The van der Waals surface area contributed by atoms with Gasteiger partial charge in [0.1, 0.15) is 0 Å². The highest BCUT2D eigenvalue weighted by Crippen LogP contribution is 2.14. The Balaban J connectivity index is 1.93. The molecule has 2 heterocycles. The molecule has 78 valence electrons. The maximum absolute atomic E-state index is 11.4. The van der Waals surface area contributed by atoms with Crippen LogP contribution in [-0.2, 0) is 14.3 Å². The van der Waals surface area contributed by atoms with Gasteiger partial charge >= 0.3 is 0 Å². The average Bonchev–Trinajstić information content (AvgIpc) is 2.64. The van der Waals surface area contributed by atoms with Crippen molar-refractivity contribution in [1.82, 2.24) is 10.2 Å². The fraction of sp³-hybridized carbons (Fsp3) is 0.778. The lowest BCUT2D eigenvalue weighted by Gasteiger charge is -2.27. The fourth-order valence-electron chi connectivity index (χ4n) is 1.80. The second-order valence-corrected chi connectivity index (χ2v) is 3.64. The first-order chi connectivity index (χ1) is 6.77. The van der Waals surface area contributed by atoms with E-state index in [2.05, 4.69) is 5.32 Å². The number of rotatable bonds is 2. The smallest absolute Gasteiger partial charge is 0.243 e. The Morgan fingerprint density at radius 1 is 1.36 bits per heavy atom. The summed E-state index contributed by atoms with van der Waals surface area (Å²) in [6.45, 7) is 1.70. The van der Waals surface area contributed by atoms with Gasteiger partial charge in [-0.15, -0.1) is 0 Å². The van der Waals surface area contributed by atoms with Crippen molar-refractivity contribution in [3.63, 3.8) is 0 Å². The first-order valence-electron chi connectivity index (χ1n) is 4.93. The van der Waals surface area contributed by atoms with E-state index in [1.54, 1.807) is 0 Å². The van der Waals surface area contributed by atoms with E-state index < -0.39 is 0 Å². The van der Waals surface area contributed by atoms with Crippen LogP contribution in [0, 0.1) is 0 Å².